The van der Waals surface area contributed by atoms with Gasteiger partial charge in [-0.3, -0.25) is 10.1 Å². The molecule has 1 aromatic carbocycles. The van der Waals surface area contributed by atoms with Crippen molar-refractivity contribution >= 4 is 17.5 Å². The number of hydrogen-bond donors (Lipinski definition) is 1. The van der Waals surface area contributed by atoms with Crippen molar-refractivity contribution in [1.82, 2.24) is 9.97 Å². The van der Waals surface area contributed by atoms with Gasteiger partial charge < -0.3 is 10.2 Å². The van der Waals surface area contributed by atoms with Crippen LogP contribution in [0.4, 0.5) is 17.5 Å². The van der Waals surface area contributed by atoms with Crippen molar-refractivity contribution in [1.29, 1.82) is 0 Å². The van der Waals surface area contributed by atoms with E-state index in [4.69, 9.17) is 0 Å². The van der Waals surface area contributed by atoms with Crippen LogP contribution in [-0.2, 0) is 6.42 Å². The fourth-order valence-corrected chi connectivity index (χ4v) is 1.94. The Balaban J connectivity index is 2.17. The molecule has 0 aliphatic heterocycles. The van der Waals surface area contributed by atoms with E-state index in [9.17, 15) is 10.1 Å². The second kappa shape index (κ2) is 6.65. The van der Waals surface area contributed by atoms with E-state index in [-0.39, 0.29) is 5.69 Å². The van der Waals surface area contributed by atoms with E-state index in [0.717, 1.165) is 6.42 Å². The van der Waals surface area contributed by atoms with E-state index in [0.29, 0.717) is 18.3 Å². The number of nitro groups is 1. The van der Waals surface area contributed by atoms with Crippen LogP contribution in [0.3, 0.4) is 0 Å². The zero-order valence-electron chi connectivity index (χ0n) is 12.0. The Morgan fingerprint density at radius 3 is 2.67 bits per heavy atom. The van der Waals surface area contributed by atoms with Gasteiger partial charge in [-0.05, 0) is 12.0 Å². The molecule has 0 atom stereocenters. The number of likely N-dealkylation sites (N-methyl/N-ethyl adjacent to an activating group) is 1. The third-order valence-electron chi connectivity index (χ3n) is 3.11. The number of nitrogens with one attached hydrogen (secondary N) is 1. The highest BCUT2D eigenvalue weighted by Gasteiger charge is 2.20. The molecule has 0 unspecified atom stereocenters. The summed E-state index contributed by atoms with van der Waals surface area (Å²) in [6.45, 7) is 0.630. The van der Waals surface area contributed by atoms with Crippen molar-refractivity contribution < 1.29 is 4.92 Å². The van der Waals surface area contributed by atoms with Crippen LogP contribution < -0.4 is 10.2 Å². The maximum absolute atomic E-state index is 11.1. The summed E-state index contributed by atoms with van der Waals surface area (Å²) in [6, 6.07) is 9.97. The summed E-state index contributed by atoms with van der Waals surface area (Å²) in [7, 11) is 3.46. The van der Waals surface area contributed by atoms with Gasteiger partial charge in [-0.1, -0.05) is 30.3 Å². The van der Waals surface area contributed by atoms with Crippen LogP contribution in [0.5, 0.6) is 0 Å². The number of hydrogen-bond acceptors (Lipinski definition) is 6. The first-order valence-corrected chi connectivity index (χ1v) is 6.56. The van der Waals surface area contributed by atoms with E-state index >= 15 is 0 Å². The van der Waals surface area contributed by atoms with E-state index < -0.39 is 4.92 Å². The average Bonchev–Trinajstić information content (AvgIpc) is 2.52. The molecule has 1 N–H and O–H groups in total. The van der Waals surface area contributed by atoms with E-state index in [2.05, 4.69) is 15.3 Å². The second-order valence-corrected chi connectivity index (χ2v) is 4.57. The van der Waals surface area contributed by atoms with Gasteiger partial charge in [-0.15, -0.1) is 0 Å². The van der Waals surface area contributed by atoms with Crippen molar-refractivity contribution in [2.24, 2.45) is 0 Å². The minimum Gasteiger partial charge on any atom is -0.357 e. The van der Waals surface area contributed by atoms with E-state index in [1.54, 1.807) is 19.0 Å². The Bertz CT molecular complexity index is 618. The molecular formula is C14H17N5O2. The van der Waals surface area contributed by atoms with E-state index in [1.165, 1.54) is 11.8 Å². The van der Waals surface area contributed by atoms with Crippen molar-refractivity contribution in [3.8, 4) is 0 Å². The first kappa shape index (κ1) is 14.7. The van der Waals surface area contributed by atoms with Crippen LogP contribution >= 0.6 is 0 Å². The highest BCUT2D eigenvalue weighted by molar-refractivity contribution is 5.58. The second-order valence-electron chi connectivity index (χ2n) is 4.57. The Morgan fingerprint density at radius 1 is 1.33 bits per heavy atom. The molecule has 0 fully saturated rings. The molecule has 2 rings (SSSR count). The Kier molecular flexibility index (Phi) is 4.65. The van der Waals surface area contributed by atoms with Crippen LogP contribution in [0.15, 0.2) is 36.5 Å². The third-order valence-corrected chi connectivity index (χ3v) is 3.11. The van der Waals surface area contributed by atoms with Gasteiger partial charge in [0.15, 0.2) is 0 Å². The van der Waals surface area contributed by atoms with Gasteiger partial charge in [0.1, 0.15) is 6.20 Å². The molecule has 0 saturated heterocycles. The zero-order valence-corrected chi connectivity index (χ0v) is 12.0. The summed E-state index contributed by atoms with van der Waals surface area (Å²) >= 11 is 0. The van der Waals surface area contributed by atoms with Crippen LogP contribution in [0, 0.1) is 10.1 Å². The van der Waals surface area contributed by atoms with Gasteiger partial charge in [-0.2, -0.15) is 4.98 Å². The molecule has 0 bridgehead atoms. The predicted molar refractivity (Wildman–Crippen MR) is 81.6 cm³/mol. The van der Waals surface area contributed by atoms with Gasteiger partial charge in [0, 0.05) is 20.6 Å². The smallest absolute Gasteiger partial charge is 0.329 e. The zero-order chi connectivity index (χ0) is 15.2. The van der Waals surface area contributed by atoms with Crippen molar-refractivity contribution in [2.45, 2.75) is 6.42 Å². The number of benzene rings is 1. The molecule has 7 nitrogen and oxygen atoms in total. The van der Waals surface area contributed by atoms with Crippen LogP contribution in [0.1, 0.15) is 5.56 Å². The van der Waals surface area contributed by atoms with Crippen LogP contribution in [-0.4, -0.2) is 35.5 Å². The van der Waals surface area contributed by atoms with Crippen molar-refractivity contribution in [2.75, 3.05) is 30.9 Å². The molecule has 0 radical (unpaired) electrons. The molecule has 0 aliphatic rings. The molecule has 2 aromatic rings. The Morgan fingerprint density at radius 2 is 2.05 bits per heavy atom. The van der Waals surface area contributed by atoms with Gasteiger partial charge in [-0.25, -0.2) is 4.98 Å². The predicted octanol–water partition coefficient (Wildman–Crippen LogP) is 2.11. The summed E-state index contributed by atoms with van der Waals surface area (Å²) in [4.78, 5) is 20.5. The normalized spacial score (nSPS) is 10.2. The highest BCUT2D eigenvalue weighted by atomic mass is 16.6. The number of aromatic nitrogens is 2. The fourth-order valence-electron chi connectivity index (χ4n) is 1.94. The maximum atomic E-state index is 11.1. The lowest BCUT2D eigenvalue weighted by Gasteiger charge is -2.18. The van der Waals surface area contributed by atoms with Gasteiger partial charge in [0.05, 0.1) is 4.92 Å². The van der Waals surface area contributed by atoms with Gasteiger partial charge in [0.2, 0.25) is 11.8 Å². The molecular weight excluding hydrogens is 270 g/mol. The third kappa shape index (κ3) is 3.65. The summed E-state index contributed by atoms with van der Waals surface area (Å²) in [5.74, 6) is 0.678. The molecule has 110 valence electrons. The lowest BCUT2D eigenvalue weighted by molar-refractivity contribution is -0.384. The molecule has 1 heterocycles. The van der Waals surface area contributed by atoms with Crippen LogP contribution in [0.2, 0.25) is 0 Å². The SMILES string of the molecule is CNc1ncc([N+](=O)[O-])c(N(C)CCc2ccccc2)n1. The minimum atomic E-state index is -0.464. The van der Waals surface area contributed by atoms with Gasteiger partial charge >= 0.3 is 5.69 Å². The van der Waals surface area contributed by atoms with Crippen LogP contribution in [0.25, 0.3) is 0 Å². The highest BCUT2D eigenvalue weighted by Crippen LogP contribution is 2.25. The summed E-state index contributed by atoms with van der Waals surface area (Å²) in [6.07, 6.45) is 2.01. The lowest BCUT2D eigenvalue weighted by Crippen LogP contribution is -2.23. The summed E-state index contributed by atoms with van der Waals surface area (Å²) in [5, 5.41) is 13.9. The first-order chi connectivity index (χ1) is 10.1. The van der Waals surface area contributed by atoms with E-state index in [1.807, 2.05) is 30.3 Å². The average molecular weight is 287 g/mol. The quantitative estimate of drug-likeness (QED) is 0.647. The maximum Gasteiger partial charge on any atom is 0.329 e. The molecule has 0 saturated carbocycles. The summed E-state index contributed by atoms with van der Waals surface area (Å²) < 4.78 is 0. The van der Waals surface area contributed by atoms with Crippen molar-refractivity contribution in [3.63, 3.8) is 0 Å². The Hall–Kier alpha value is -2.70. The standard InChI is InChI=1S/C14H17N5O2/c1-15-14-16-10-12(19(20)21)13(17-14)18(2)9-8-11-6-4-3-5-7-11/h3-7,10H,8-9H2,1-2H3,(H,15,16,17). The Labute approximate surface area is 122 Å². The first-order valence-electron chi connectivity index (χ1n) is 6.56. The largest absolute Gasteiger partial charge is 0.357 e. The minimum absolute atomic E-state index is 0.0930. The molecule has 0 spiro atoms. The molecule has 0 aliphatic carbocycles. The number of nitrogens with zero attached hydrogens (tertiary/aromatic N) is 4. The molecule has 1 aromatic heterocycles. The number of anilines is 2. The molecule has 21 heavy (non-hydrogen) atoms. The molecule has 7 heteroatoms. The van der Waals surface area contributed by atoms with Gasteiger partial charge in [0.25, 0.3) is 0 Å². The topological polar surface area (TPSA) is 84.2 Å². The van der Waals surface area contributed by atoms with Crippen molar-refractivity contribution in [3.05, 3.63) is 52.2 Å². The summed E-state index contributed by atoms with van der Waals surface area (Å²) in [5.41, 5.74) is 1.08. The molecule has 0 amide bonds. The number of rotatable bonds is 6. The fraction of sp³-hybridized carbons (Fsp3) is 0.286. The monoisotopic (exact) mass is 287 g/mol. The lowest BCUT2D eigenvalue weighted by atomic mass is 10.1.